The number of ether oxygens (including phenoxy) is 1. The highest BCUT2D eigenvalue weighted by Gasteiger charge is 2.48. The largest absolute Gasteiger partial charge is 0.459 e. The molecule has 2 heterocycles. The van der Waals surface area contributed by atoms with Crippen LogP contribution in [0.1, 0.15) is 6.42 Å². The van der Waals surface area contributed by atoms with E-state index in [2.05, 4.69) is 5.32 Å². The van der Waals surface area contributed by atoms with Crippen LogP contribution in [0.15, 0.2) is 18.2 Å². The minimum absolute atomic E-state index is 0.248. The second kappa shape index (κ2) is 4.18. The Hall–Kier alpha value is -2.18. The predicted molar refractivity (Wildman–Crippen MR) is 60.4 cm³/mol. The highest BCUT2D eigenvalue weighted by molar-refractivity contribution is 5.94. The van der Waals surface area contributed by atoms with Crippen molar-refractivity contribution in [3.05, 3.63) is 29.8 Å². The topological polar surface area (TPSA) is 58.6 Å². The maximum atomic E-state index is 13.4. The fourth-order valence-corrected chi connectivity index (χ4v) is 2.37. The number of carbonyl (C=O) groups is 2. The summed E-state index contributed by atoms with van der Waals surface area (Å²) in [6.45, 7) is 0.248. The highest BCUT2D eigenvalue weighted by Crippen LogP contribution is 2.30. The molecule has 2 aliphatic rings. The Labute approximate surface area is 107 Å². The predicted octanol–water partition coefficient (Wildman–Crippen LogP) is 1.50. The zero-order chi connectivity index (χ0) is 13.6. The molecule has 0 unspecified atom stereocenters. The molecule has 3 rings (SSSR count). The number of morpholine rings is 1. The van der Waals surface area contributed by atoms with E-state index in [-0.39, 0.29) is 12.6 Å². The summed E-state index contributed by atoms with van der Waals surface area (Å²) in [7, 11) is 0. The van der Waals surface area contributed by atoms with E-state index < -0.39 is 35.4 Å². The van der Waals surface area contributed by atoms with Gasteiger partial charge in [-0.2, -0.15) is 0 Å². The quantitative estimate of drug-likeness (QED) is 0.785. The molecule has 2 amide bonds. The van der Waals surface area contributed by atoms with Gasteiger partial charge in [0.2, 0.25) is 0 Å². The van der Waals surface area contributed by atoms with Gasteiger partial charge in [-0.1, -0.05) is 6.07 Å². The molecule has 2 aliphatic heterocycles. The van der Waals surface area contributed by atoms with Crippen molar-refractivity contribution in [1.29, 1.82) is 0 Å². The number of nitrogens with zero attached hydrogens (tertiary/aromatic N) is 1. The minimum atomic E-state index is -0.861. The second-order valence-corrected chi connectivity index (χ2v) is 4.49. The van der Waals surface area contributed by atoms with Crippen molar-refractivity contribution in [3.8, 4) is 0 Å². The number of hydrogen-bond donors (Lipinski definition) is 1. The van der Waals surface area contributed by atoms with Crippen molar-refractivity contribution in [2.24, 2.45) is 0 Å². The molecule has 2 atom stereocenters. The number of likely N-dealkylation sites (tertiary alicyclic amines) is 1. The van der Waals surface area contributed by atoms with Gasteiger partial charge >= 0.3 is 12.0 Å². The summed E-state index contributed by atoms with van der Waals surface area (Å²) < 4.78 is 31.7. The van der Waals surface area contributed by atoms with Crippen LogP contribution in [0.4, 0.5) is 19.3 Å². The van der Waals surface area contributed by atoms with E-state index in [1.54, 1.807) is 0 Å². The van der Waals surface area contributed by atoms with Gasteiger partial charge in [-0.15, -0.1) is 0 Å². The zero-order valence-electron chi connectivity index (χ0n) is 9.73. The number of fused-ring (bicyclic) bond motifs is 2. The molecule has 100 valence electrons. The van der Waals surface area contributed by atoms with Crippen LogP contribution in [0.5, 0.6) is 0 Å². The molecule has 2 fully saturated rings. The third kappa shape index (κ3) is 1.91. The second-order valence-electron chi connectivity index (χ2n) is 4.49. The Kier molecular flexibility index (Phi) is 2.62. The summed E-state index contributed by atoms with van der Waals surface area (Å²) in [6.07, 6.45) is 0.125. The van der Waals surface area contributed by atoms with E-state index in [1.165, 1.54) is 11.0 Å². The number of hydrogen-bond acceptors (Lipinski definition) is 3. The number of anilines is 1. The van der Waals surface area contributed by atoms with E-state index in [1.807, 2.05) is 0 Å². The Bertz CT molecular complexity index is 544. The monoisotopic (exact) mass is 268 g/mol. The third-order valence-corrected chi connectivity index (χ3v) is 3.27. The third-order valence-electron chi connectivity index (χ3n) is 3.27. The molecule has 2 saturated heterocycles. The lowest BCUT2D eigenvalue weighted by molar-refractivity contribution is -0.149. The van der Waals surface area contributed by atoms with Gasteiger partial charge in [-0.25, -0.2) is 18.4 Å². The highest BCUT2D eigenvalue weighted by atomic mass is 19.1. The van der Waals surface area contributed by atoms with Crippen molar-refractivity contribution >= 4 is 17.7 Å². The number of urea groups is 1. The molecule has 2 bridgehead atoms. The molecule has 1 N–H and O–H groups in total. The molecule has 0 aromatic heterocycles. The van der Waals surface area contributed by atoms with Crippen molar-refractivity contribution in [2.75, 3.05) is 11.9 Å². The summed E-state index contributed by atoms with van der Waals surface area (Å²) >= 11 is 0. The average molecular weight is 268 g/mol. The number of rotatable bonds is 1. The first kappa shape index (κ1) is 11.9. The van der Waals surface area contributed by atoms with Gasteiger partial charge in [0.15, 0.2) is 0 Å². The van der Waals surface area contributed by atoms with Gasteiger partial charge in [0.1, 0.15) is 29.5 Å². The number of halogens is 2. The fraction of sp³-hybridized carbons (Fsp3) is 0.333. The van der Waals surface area contributed by atoms with Gasteiger partial charge in [-0.3, -0.25) is 0 Å². The van der Waals surface area contributed by atoms with E-state index in [0.717, 1.165) is 12.1 Å². The summed E-state index contributed by atoms with van der Waals surface area (Å²) in [5.74, 6) is -2.19. The van der Waals surface area contributed by atoms with Crippen molar-refractivity contribution in [3.63, 3.8) is 0 Å². The maximum absolute atomic E-state index is 13.4. The van der Waals surface area contributed by atoms with Crippen LogP contribution in [0, 0.1) is 11.6 Å². The van der Waals surface area contributed by atoms with Crippen LogP contribution in [0.3, 0.4) is 0 Å². The molecule has 5 nitrogen and oxygen atoms in total. The Balaban J connectivity index is 1.78. The minimum Gasteiger partial charge on any atom is -0.459 e. The lowest BCUT2D eigenvalue weighted by Crippen LogP contribution is -2.46. The van der Waals surface area contributed by atoms with E-state index in [0.29, 0.717) is 6.42 Å². The molecule has 1 aromatic carbocycles. The van der Waals surface area contributed by atoms with Crippen LogP contribution in [-0.4, -0.2) is 35.6 Å². The summed E-state index contributed by atoms with van der Waals surface area (Å²) in [6, 6.07) is 1.94. The fourth-order valence-electron chi connectivity index (χ4n) is 2.37. The van der Waals surface area contributed by atoms with Crippen molar-refractivity contribution < 1.29 is 23.1 Å². The first-order chi connectivity index (χ1) is 9.06. The molecule has 7 heteroatoms. The average Bonchev–Trinajstić information content (AvgIpc) is 2.92. The Morgan fingerprint density at radius 3 is 2.63 bits per heavy atom. The molecule has 0 spiro atoms. The lowest BCUT2D eigenvalue weighted by atomic mass is 10.2. The van der Waals surface area contributed by atoms with E-state index in [9.17, 15) is 18.4 Å². The molecule has 1 aromatic rings. The zero-order valence-corrected chi connectivity index (χ0v) is 9.73. The molecule has 0 radical (unpaired) electrons. The van der Waals surface area contributed by atoms with Gasteiger partial charge in [0, 0.05) is 6.42 Å². The summed E-state index contributed by atoms with van der Waals surface area (Å²) in [5.41, 5.74) is -0.511. The van der Waals surface area contributed by atoms with Crippen LogP contribution in [-0.2, 0) is 9.53 Å². The van der Waals surface area contributed by atoms with Crippen LogP contribution in [0.25, 0.3) is 0 Å². The normalized spacial score (nSPS) is 24.5. The van der Waals surface area contributed by atoms with Gasteiger partial charge in [-0.05, 0) is 12.1 Å². The van der Waals surface area contributed by atoms with Crippen LogP contribution >= 0.6 is 0 Å². The summed E-state index contributed by atoms with van der Waals surface area (Å²) in [5, 5.41) is 2.16. The smallest absolute Gasteiger partial charge is 0.329 e. The lowest BCUT2D eigenvalue weighted by Gasteiger charge is -2.25. The Morgan fingerprint density at radius 1 is 1.37 bits per heavy atom. The molecule has 0 saturated carbocycles. The van der Waals surface area contributed by atoms with E-state index in [4.69, 9.17) is 4.74 Å². The summed E-state index contributed by atoms with van der Waals surface area (Å²) in [4.78, 5) is 24.5. The molecular formula is C12H10F2N2O3. The standard InChI is InChI=1S/C12H10F2N2O3/c13-7-2-1-3-8(14)10(7)15-12(18)16-5-6-4-9(16)11(17)19-6/h1-3,6,9H,4-5H2,(H,15,18)/t6-,9-/m0/s1. The van der Waals surface area contributed by atoms with Crippen molar-refractivity contribution in [2.45, 2.75) is 18.6 Å². The Morgan fingerprint density at radius 2 is 2.05 bits per heavy atom. The van der Waals surface area contributed by atoms with E-state index >= 15 is 0 Å². The number of esters is 1. The van der Waals surface area contributed by atoms with Gasteiger partial charge in [0.05, 0.1) is 6.54 Å². The van der Waals surface area contributed by atoms with Gasteiger partial charge < -0.3 is 15.0 Å². The number of amides is 2. The molecule has 19 heavy (non-hydrogen) atoms. The molecule has 0 aliphatic carbocycles. The van der Waals surface area contributed by atoms with Gasteiger partial charge in [0.25, 0.3) is 0 Å². The first-order valence-electron chi connectivity index (χ1n) is 5.78. The first-order valence-corrected chi connectivity index (χ1v) is 5.78. The van der Waals surface area contributed by atoms with Crippen LogP contribution in [0.2, 0.25) is 0 Å². The molecular weight excluding hydrogens is 258 g/mol. The number of para-hydroxylation sites is 1. The number of carbonyl (C=O) groups excluding carboxylic acids is 2. The number of nitrogens with one attached hydrogen (secondary N) is 1. The SMILES string of the molecule is O=C1O[C@H]2C[C@@H]1N(C(=O)Nc1c(F)cccc1F)C2. The number of benzene rings is 1. The van der Waals surface area contributed by atoms with Crippen LogP contribution < -0.4 is 5.32 Å². The van der Waals surface area contributed by atoms with Crippen molar-refractivity contribution in [1.82, 2.24) is 4.90 Å². The maximum Gasteiger partial charge on any atom is 0.329 e.